The lowest BCUT2D eigenvalue weighted by molar-refractivity contribution is 0.0946. The summed E-state index contributed by atoms with van der Waals surface area (Å²) in [5.74, 6) is -1.18. The van der Waals surface area contributed by atoms with Crippen LogP contribution in [-0.4, -0.2) is 27.8 Å². The second kappa shape index (κ2) is 7.97. The number of rotatable bonds is 5. The maximum Gasteiger partial charge on any atom is 0.270 e. The zero-order valence-corrected chi connectivity index (χ0v) is 15.9. The highest BCUT2D eigenvalue weighted by molar-refractivity contribution is 6.30. The zero-order chi connectivity index (χ0) is 20.4. The third-order valence-corrected chi connectivity index (χ3v) is 4.64. The van der Waals surface area contributed by atoms with Gasteiger partial charge in [0.2, 0.25) is 0 Å². The van der Waals surface area contributed by atoms with E-state index in [9.17, 15) is 14.0 Å². The maximum atomic E-state index is 14.1. The number of hydrogen-bond acceptors (Lipinski definition) is 4. The standard InChI is InChI=1S/C21H16ClFN4O2/c22-14-1-4-18(23)17(9-14)13-7-16(11-24-10-13)27-20(28)12-5-6-25-19(8-12)21(29)26-15-2-3-15/h1,4-11,15H,2-3H2,(H,26,29)(H,27,28). The molecule has 146 valence electrons. The highest BCUT2D eigenvalue weighted by Crippen LogP contribution is 2.27. The van der Waals surface area contributed by atoms with E-state index >= 15 is 0 Å². The van der Waals surface area contributed by atoms with E-state index in [4.69, 9.17) is 11.6 Å². The molecule has 1 saturated carbocycles. The number of nitrogens with zero attached hydrogens (tertiary/aromatic N) is 2. The Morgan fingerprint density at radius 1 is 1.07 bits per heavy atom. The minimum atomic E-state index is -0.444. The first-order valence-corrected chi connectivity index (χ1v) is 9.36. The Labute approximate surface area is 171 Å². The molecule has 3 aromatic rings. The topological polar surface area (TPSA) is 84.0 Å². The van der Waals surface area contributed by atoms with E-state index in [1.165, 1.54) is 48.9 Å². The molecule has 29 heavy (non-hydrogen) atoms. The van der Waals surface area contributed by atoms with Crippen LogP contribution >= 0.6 is 11.6 Å². The van der Waals surface area contributed by atoms with Crippen molar-refractivity contribution in [2.75, 3.05) is 5.32 Å². The summed E-state index contributed by atoms with van der Waals surface area (Å²) < 4.78 is 14.1. The number of amides is 2. The smallest absolute Gasteiger partial charge is 0.270 e. The molecule has 1 aliphatic rings. The van der Waals surface area contributed by atoms with Crippen LogP contribution in [0.25, 0.3) is 11.1 Å². The fourth-order valence-corrected chi connectivity index (χ4v) is 2.93. The van der Waals surface area contributed by atoms with E-state index in [1.54, 1.807) is 6.07 Å². The van der Waals surface area contributed by atoms with Crippen LogP contribution in [0.3, 0.4) is 0 Å². The van der Waals surface area contributed by atoms with Gasteiger partial charge in [-0.1, -0.05) is 11.6 Å². The van der Waals surface area contributed by atoms with Gasteiger partial charge in [-0.25, -0.2) is 4.39 Å². The summed E-state index contributed by atoms with van der Waals surface area (Å²) in [5.41, 5.74) is 1.59. The molecule has 8 heteroatoms. The molecule has 1 fully saturated rings. The maximum absolute atomic E-state index is 14.1. The van der Waals surface area contributed by atoms with Gasteiger partial charge < -0.3 is 10.6 Å². The summed E-state index contributed by atoms with van der Waals surface area (Å²) in [7, 11) is 0. The van der Waals surface area contributed by atoms with E-state index in [0.29, 0.717) is 16.3 Å². The van der Waals surface area contributed by atoms with Gasteiger partial charge >= 0.3 is 0 Å². The minimum absolute atomic E-state index is 0.178. The lowest BCUT2D eigenvalue weighted by Gasteiger charge is -2.09. The Bertz CT molecular complexity index is 1100. The Morgan fingerprint density at radius 2 is 1.90 bits per heavy atom. The van der Waals surface area contributed by atoms with Crippen molar-refractivity contribution in [2.24, 2.45) is 0 Å². The monoisotopic (exact) mass is 410 g/mol. The first-order chi connectivity index (χ1) is 14.0. The average molecular weight is 411 g/mol. The summed E-state index contributed by atoms with van der Waals surface area (Å²) in [6.45, 7) is 0. The molecule has 6 nitrogen and oxygen atoms in total. The van der Waals surface area contributed by atoms with Crippen molar-refractivity contribution >= 4 is 29.1 Å². The van der Waals surface area contributed by atoms with E-state index in [0.717, 1.165) is 12.8 Å². The summed E-state index contributed by atoms with van der Waals surface area (Å²) in [4.78, 5) is 32.8. The van der Waals surface area contributed by atoms with Gasteiger partial charge in [-0.15, -0.1) is 0 Å². The van der Waals surface area contributed by atoms with E-state index in [-0.39, 0.29) is 28.8 Å². The van der Waals surface area contributed by atoms with Gasteiger partial charge in [0.05, 0.1) is 11.9 Å². The van der Waals surface area contributed by atoms with Crippen LogP contribution in [0.4, 0.5) is 10.1 Å². The van der Waals surface area contributed by atoms with E-state index in [2.05, 4.69) is 20.6 Å². The van der Waals surface area contributed by atoms with Crippen LogP contribution in [0.1, 0.15) is 33.7 Å². The molecule has 2 aromatic heterocycles. The predicted molar refractivity (Wildman–Crippen MR) is 107 cm³/mol. The quantitative estimate of drug-likeness (QED) is 0.663. The molecule has 2 amide bonds. The predicted octanol–water partition coefficient (Wildman–Crippen LogP) is 4.08. The second-order valence-electron chi connectivity index (χ2n) is 6.72. The summed E-state index contributed by atoms with van der Waals surface area (Å²) >= 11 is 5.95. The number of nitrogens with one attached hydrogen (secondary N) is 2. The second-order valence-corrected chi connectivity index (χ2v) is 7.15. The minimum Gasteiger partial charge on any atom is -0.348 e. The van der Waals surface area contributed by atoms with Gasteiger partial charge in [-0.2, -0.15) is 0 Å². The van der Waals surface area contributed by atoms with Crippen molar-refractivity contribution in [1.29, 1.82) is 0 Å². The van der Waals surface area contributed by atoms with Gasteiger partial charge in [0.1, 0.15) is 11.5 Å². The number of halogens is 2. The fourth-order valence-electron chi connectivity index (χ4n) is 2.76. The molecule has 0 bridgehead atoms. The number of benzene rings is 1. The molecule has 0 radical (unpaired) electrons. The van der Waals surface area contributed by atoms with Crippen molar-refractivity contribution in [2.45, 2.75) is 18.9 Å². The van der Waals surface area contributed by atoms with Crippen LogP contribution in [-0.2, 0) is 0 Å². The Balaban J connectivity index is 1.53. The van der Waals surface area contributed by atoms with Crippen molar-refractivity contribution in [3.05, 3.63) is 77.1 Å². The number of anilines is 1. The Morgan fingerprint density at radius 3 is 2.69 bits per heavy atom. The van der Waals surface area contributed by atoms with Gasteiger partial charge in [-0.3, -0.25) is 19.6 Å². The molecule has 0 atom stereocenters. The molecule has 2 heterocycles. The van der Waals surface area contributed by atoms with Crippen molar-refractivity contribution < 1.29 is 14.0 Å². The van der Waals surface area contributed by atoms with Crippen LogP contribution in [0.5, 0.6) is 0 Å². The molecule has 0 aliphatic heterocycles. The molecule has 0 unspecified atom stereocenters. The third kappa shape index (κ3) is 4.57. The van der Waals surface area contributed by atoms with Crippen LogP contribution in [0, 0.1) is 5.82 Å². The van der Waals surface area contributed by atoms with Gasteiger partial charge in [0.15, 0.2) is 0 Å². The normalized spacial score (nSPS) is 13.0. The van der Waals surface area contributed by atoms with E-state index < -0.39 is 11.7 Å². The molecule has 2 N–H and O–H groups in total. The lowest BCUT2D eigenvalue weighted by atomic mass is 10.1. The zero-order valence-electron chi connectivity index (χ0n) is 15.2. The largest absolute Gasteiger partial charge is 0.348 e. The van der Waals surface area contributed by atoms with Crippen molar-refractivity contribution in [3.8, 4) is 11.1 Å². The van der Waals surface area contributed by atoms with Gasteiger partial charge in [0, 0.05) is 40.1 Å². The number of aromatic nitrogens is 2. The Hall–Kier alpha value is -3.32. The molecular weight excluding hydrogens is 395 g/mol. The van der Waals surface area contributed by atoms with E-state index in [1.807, 2.05) is 0 Å². The number of carbonyl (C=O) groups is 2. The molecule has 0 spiro atoms. The third-order valence-electron chi connectivity index (χ3n) is 4.40. The fraction of sp³-hybridized carbons (Fsp3) is 0.143. The lowest BCUT2D eigenvalue weighted by Crippen LogP contribution is -2.26. The molecular formula is C21H16ClFN4O2. The van der Waals surface area contributed by atoms with Gasteiger partial charge in [-0.05, 0) is 49.2 Å². The number of carbonyl (C=O) groups excluding carboxylic acids is 2. The van der Waals surface area contributed by atoms with Crippen molar-refractivity contribution in [1.82, 2.24) is 15.3 Å². The summed E-state index contributed by atoms with van der Waals surface area (Å²) in [6, 6.07) is 8.96. The summed E-state index contributed by atoms with van der Waals surface area (Å²) in [6.07, 6.45) is 6.26. The van der Waals surface area contributed by atoms with Crippen LogP contribution in [0.2, 0.25) is 5.02 Å². The molecule has 0 saturated heterocycles. The highest BCUT2D eigenvalue weighted by Gasteiger charge is 2.24. The number of hydrogen-bond donors (Lipinski definition) is 2. The summed E-state index contributed by atoms with van der Waals surface area (Å²) in [5, 5.41) is 5.93. The number of pyridine rings is 2. The van der Waals surface area contributed by atoms with Crippen LogP contribution in [0.15, 0.2) is 55.0 Å². The average Bonchev–Trinajstić information content (AvgIpc) is 3.54. The van der Waals surface area contributed by atoms with Crippen molar-refractivity contribution in [3.63, 3.8) is 0 Å². The molecule has 1 aliphatic carbocycles. The SMILES string of the molecule is O=C(Nc1cncc(-c2cc(Cl)ccc2F)c1)c1ccnc(C(=O)NC2CC2)c1. The Kier molecular flexibility index (Phi) is 5.22. The molecule has 4 rings (SSSR count). The van der Waals surface area contributed by atoms with Crippen LogP contribution < -0.4 is 10.6 Å². The molecule has 1 aromatic carbocycles. The first-order valence-electron chi connectivity index (χ1n) is 8.98. The highest BCUT2D eigenvalue weighted by atomic mass is 35.5. The first kappa shape index (κ1) is 19.0. The van der Waals surface area contributed by atoms with Gasteiger partial charge in [0.25, 0.3) is 11.8 Å².